The summed E-state index contributed by atoms with van der Waals surface area (Å²) >= 11 is 0. The van der Waals surface area contributed by atoms with Gasteiger partial charge in [0.2, 0.25) is 0 Å². The van der Waals surface area contributed by atoms with E-state index in [0.29, 0.717) is 32.8 Å². The van der Waals surface area contributed by atoms with Crippen molar-refractivity contribution in [2.24, 2.45) is 10.9 Å². The van der Waals surface area contributed by atoms with Crippen molar-refractivity contribution < 1.29 is 17.9 Å². The predicted molar refractivity (Wildman–Crippen MR) is 96.5 cm³/mol. The summed E-state index contributed by atoms with van der Waals surface area (Å²) < 4.78 is 43.0. The Morgan fingerprint density at radius 1 is 1.35 bits per heavy atom. The first-order valence-electron chi connectivity index (χ1n) is 8.76. The van der Waals surface area contributed by atoms with Crippen molar-refractivity contribution >= 4 is 5.96 Å². The minimum atomic E-state index is -4.13. The molecule has 1 aliphatic heterocycles. The normalized spacial score (nSPS) is 18.8. The molecule has 5 nitrogen and oxygen atoms in total. The van der Waals surface area contributed by atoms with Crippen LogP contribution >= 0.6 is 0 Å². The van der Waals surface area contributed by atoms with Crippen LogP contribution < -0.4 is 10.1 Å². The first kappa shape index (κ1) is 20.4. The van der Waals surface area contributed by atoms with Gasteiger partial charge in [-0.25, -0.2) is 0 Å². The summed E-state index contributed by atoms with van der Waals surface area (Å²) in [6.45, 7) is 1.92. The molecular formula is C18H27F3N4O. The zero-order chi connectivity index (χ0) is 19.0. The molecule has 0 aliphatic carbocycles. The standard InChI is InChI=1S/C18H27F3N4O/c1-22-17(24(2)10-11-26-16-6-4-3-5-7-16)23-12-15-8-9-25(13-15)14-18(19,20)21/h3-7,15H,8-14H2,1-2H3,(H,22,23). The lowest BCUT2D eigenvalue weighted by Crippen LogP contribution is -2.43. The van der Waals surface area contributed by atoms with Crippen LogP contribution in [0, 0.1) is 5.92 Å². The van der Waals surface area contributed by atoms with Gasteiger partial charge in [0.15, 0.2) is 5.96 Å². The van der Waals surface area contributed by atoms with E-state index in [4.69, 9.17) is 4.74 Å². The maximum atomic E-state index is 12.5. The van der Waals surface area contributed by atoms with Crippen molar-refractivity contribution in [2.45, 2.75) is 12.6 Å². The van der Waals surface area contributed by atoms with Gasteiger partial charge in [-0.2, -0.15) is 13.2 Å². The quantitative estimate of drug-likeness (QED) is 0.590. The molecule has 0 saturated carbocycles. The molecule has 0 bridgehead atoms. The van der Waals surface area contributed by atoms with E-state index in [9.17, 15) is 13.2 Å². The molecule has 2 rings (SSSR count). The lowest BCUT2D eigenvalue weighted by molar-refractivity contribution is -0.143. The average Bonchev–Trinajstić information content (AvgIpc) is 3.02. The van der Waals surface area contributed by atoms with Crippen LogP contribution in [0.2, 0.25) is 0 Å². The van der Waals surface area contributed by atoms with Crippen LogP contribution in [0.4, 0.5) is 13.2 Å². The van der Waals surface area contributed by atoms with Gasteiger partial charge < -0.3 is 15.0 Å². The number of rotatable bonds is 7. The molecule has 26 heavy (non-hydrogen) atoms. The molecule has 1 aliphatic rings. The minimum Gasteiger partial charge on any atom is -0.492 e. The number of alkyl halides is 3. The Morgan fingerprint density at radius 3 is 2.73 bits per heavy atom. The van der Waals surface area contributed by atoms with Crippen molar-refractivity contribution in [2.75, 3.05) is 53.4 Å². The van der Waals surface area contributed by atoms with Gasteiger partial charge in [-0.3, -0.25) is 9.89 Å². The number of hydrogen-bond acceptors (Lipinski definition) is 3. The molecule has 0 radical (unpaired) electrons. The summed E-state index contributed by atoms with van der Waals surface area (Å²) in [7, 11) is 3.61. The Kier molecular flexibility index (Phi) is 7.56. The van der Waals surface area contributed by atoms with E-state index in [-0.39, 0.29) is 5.92 Å². The van der Waals surface area contributed by atoms with E-state index in [0.717, 1.165) is 18.1 Å². The second-order valence-corrected chi connectivity index (χ2v) is 6.52. The van der Waals surface area contributed by atoms with Crippen LogP contribution in [0.1, 0.15) is 6.42 Å². The largest absolute Gasteiger partial charge is 0.492 e. The van der Waals surface area contributed by atoms with E-state index in [1.807, 2.05) is 42.3 Å². The second kappa shape index (κ2) is 9.66. The van der Waals surface area contributed by atoms with Crippen molar-refractivity contribution in [1.82, 2.24) is 15.1 Å². The van der Waals surface area contributed by atoms with Crippen molar-refractivity contribution in [3.05, 3.63) is 30.3 Å². The number of ether oxygens (including phenoxy) is 1. The summed E-state index contributed by atoms with van der Waals surface area (Å²) in [6.07, 6.45) is -3.36. The van der Waals surface area contributed by atoms with Crippen LogP contribution in [0.15, 0.2) is 35.3 Å². The number of aliphatic imine (C=N–C) groups is 1. The minimum absolute atomic E-state index is 0.197. The van der Waals surface area contributed by atoms with Crippen molar-refractivity contribution in [3.63, 3.8) is 0 Å². The molecule has 0 aromatic heterocycles. The lowest BCUT2D eigenvalue weighted by Gasteiger charge is -2.23. The highest BCUT2D eigenvalue weighted by Crippen LogP contribution is 2.22. The topological polar surface area (TPSA) is 40.1 Å². The van der Waals surface area contributed by atoms with Gasteiger partial charge in [-0.05, 0) is 31.0 Å². The molecule has 1 atom stereocenters. The van der Waals surface area contributed by atoms with Gasteiger partial charge >= 0.3 is 6.18 Å². The SMILES string of the molecule is CN=C(NCC1CCN(CC(F)(F)F)C1)N(C)CCOc1ccccc1. The zero-order valence-corrected chi connectivity index (χ0v) is 15.3. The van der Waals surface area contributed by atoms with E-state index in [1.54, 1.807) is 7.05 Å². The third-order valence-corrected chi connectivity index (χ3v) is 4.33. The van der Waals surface area contributed by atoms with E-state index in [2.05, 4.69) is 10.3 Å². The Hall–Kier alpha value is -1.96. The molecular weight excluding hydrogens is 345 g/mol. The molecule has 1 fully saturated rings. The Morgan fingerprint density at radius 2 is 2.08 bits per heavy atom. The summed E-state index contributed by atoms with van der Waals surface area (Å²) in [5, 5.41) is 3.26. The number of likely N-dealkylation sites (N-methyl/N-ethyl adjacent to an activating group) is 1. The number of para-hydroxylation sites is 1. The van der Waals surface area contributed by atoms with Crippen LogP contribution in [0.3, 0.4) is 0 Å². The average molecular weight is 372 g/mol. The summed E-state index contributed by atoms with van der Waals surface area (Å²) in [5.74, 6) is 1.73. The van der Waals surface area contributed by atoms with Crippen LogP contribution in [0.25, 0.3) is 0 Å². The maximum absolute atomic E-state index is 12.5. The smallest absolute Gasteiger partial charge is 0.401 e. The number of nitrogens with zero attached hydrogens (tertiary/aromatic N) is 3. The molecule has 0 amide bonds. The highest BCUT2D eigenvalue weighted by Gasteiger charge is 2.34. The molecule has 1 unspecified atom stereocenters. The van der Waals surface area contributed by atoms with Gasteiger partial charge in [0, 0.05) is 27.2 Å². The van der Waals surface area contributed by atoms with Gasteiger partial charge in [-0.1, -0.05) is 18.2 Å². The first-order valence-corrected chi connectivity index (χ1v) is 8.76. The molecule has 146 valence electrons. The second-order valence-electron chi connectivity index (χ2n) is 6.52. The summed E-state index contributed by atoms with van der Waals surface area (Å²) in [5.41, 5.74) is 0. The first-order chi connectivity index (χ1) is 12.4. The number of likely N-dealkylation sites (tertiary alicyclic amines) is 1. The summed E-state index contributed by atoms with van der Waals surface area (Å²) in [4.78, 5) is 7.65. The molecule has 1 heterocycles. The van der Waals surface area contributed by atoms with E-state index >= 15 is 0 Å². The van der Waals surface area contributed by atoms with E-state index in [1.165, 1.54) is 4.90 Å². The third-order valence-electron chi connectivity index (χ3n) is 4.33. The molecule has 1 aromatic carbocycles. The Labute approximate surface area is 152 Å². The third kappa shape index (κ3) is 7.11. The van der Waals surface area contributed by atoms with Crippen LogP contribution in [0.5, 0.6) is 5.75 Å². The van der Waals surface area contributed by atoms with Crippen molar-refractivity contribution in [1.29, 1.82) is 0 Å². The Balaban J connectivity index is 1.68. The van der Waals surface area contributed by atoms with Gasteiger partial charge in [0.1, 0.15) is 12.4 Å². The molecule has 1 N–H and O–H groups in total. The molecule has 8 heteroatoms. The Bertz CT molecular complexity index is 565. The van der Waals surface area contributed by atoms with Gasteiger partial charge in [0.25, 0.3) is 0 Å². The highest BCUT2D eigenvalue weighted by atomic mass is 19.4. The van der Waals surface area contributed by atoms with Gasteiger partial charge in [-0.15, -0.1) is 0 Å². The number of hydrogen-bond donors (Lipinski definition) is 1. The van der Waals surface area contributed by atoms with Crippen molar-refractivity contribution in [3.8, 4) is 5.75 Å². The van der Waals surface area contributed by atoms with Crippen LogP contribution in [-0.4, -0.2) is 75.4 Å². The van der Waals surface area contributed by atoms with E-state index < -0.39 is 12.7 Å². The fourth-order valence-corrected chi connectivity index (χ4v) is 3.02. The highest BCUT2D eigenvalue weighted by molar-refractivity contribution is 5.79. The van der Waals surface area contributed by atoms with Gasteiger partial charge in [0.05, 0.1) is 13.1 Å². The summed E-state index contributed by atoms with van der Waals surface area (Å²) in [6, 6.07) is 9.58. The molecule has 1 saturated heterocycles. The maximum Gasteiger partial charge on any atom is 0.401 e. The zero-order valence-electron chi connectivity index (χ0n) is 15.3. The number of guanidine groups is 1. The lowest BCUT2D eigenvalue weighted by atomic mass is 10.1. The molecule has 0 spiro atoms. The fraction of sp³-hybridized carbons (Fsp3) is 0.611. The predicted octanol–water partition coefficient (Wildman–Crippen LogP) is 2.46. The number of benzene rings is 1. The molecule has 1 aromatic rings. The number of halogens is 3. The van der Waals surface area contributed by atoms with Crippen LogP contribution in [-0.2, 0) is 0 Å². The fourth-order valence-electron chi connectivity index (χ4n) is 3.02. The monoisotopic (exact) mass is 372 g/mol. The number of nitrogens with one attached hydrogen (secondary N) is 1.